The maximum atomic E-state index is 12.0. The first-order valence-corrected chi connectivity index (χ1v) is 10.2. The Morgan fingerprint density at radius 1 is 0.806 bits per heavy atom. The molecule has 2 aromatic carbocycles. The smallest absolute Gasteiger partial charge is 0.276 e. The third kappa shape index (κ3) is 8.12. The van der Waals surface area contributed by atoms with Gasteiger partial charge in [-0.05, 0) is 60.2 Å². The molecule has 0 saturated carbocycles. The van der Waals surface area contributed by atoms with Crippen LogP contribution in [0.3, 0.4) is 0 Å². The van der Waals surface area contributed by atoms with Gasteiger partial charge in [0.05, 0.1) is 0 Å². The Bertz CT molecular complexity index is 931. The predicted octanol–water partition coefficient (Wildman–Crippen LogP) is 3.55. The van der Waals surface area contributed by atoms with Crippen molar-refractivity contribution in [2.75, 3.05) is 11.9 Å². The number of carbonyl (C=O) groups is 3. The largest absolute Gasteiger partial charge is 0.484 e. The molecule has 0 aromatic heterocycles. The van der Waals surface area contributed by atoms with E-state index in [-0.39, 0.29) is 30.8 Å². The summed E-state index contributed by atoms with van der Waals surface area (Å²) in [5.41, 5.74) is 8.67. The second kappa shape index (κ2) is 10.6. The van der Waals surface area contributed by atoms with Crippen LogP contribution in [0.1, 0.15) is 50.3 Å². The normalized spacial score (nSPS) is 10.9. The molecule has 2 aromatic rings. The van der Waals surface area contributed by atoms with Gasteiger partial charge in [-0.25, -0.2) is 0 Å². The quantitative estimate of drug-likeness (QED) is 0.591. The van der Waals surface area contributed by atoms with Crippen LogP contribution in [-0.4, -0.2) is 24.3 Å². The Morgan fingerprint density at radius 3 is 2.03 bits per heavy atom. The molecule has 2 rings (SSSR count). The summed E-state index contributed by atoms with van der Waals surface area (Å²) < 4.78 is 5.42. The second-order valence-electron chi connectivity index (χ2n) is 8.51. The van der Waals surface area contributed by atoms with Crippen molar-refractivity contribution in [2.24, 2.45) is 0 Å². The van der Waals surface area contributed by atoms with Gasteiger partial charge in [0, 0.05) is 18.5 Å². The first kappa shape index (κ1) is 23.9. The van der Waals surface area contributed by atoms with Crippen molar-refractivity contribution in [3.63, 3.8) is 0 Å². The Labute approximate surface area is 183 Å². The predicted molar refractivity (Wildman–Crippen MR) is 121 cm³/mol. The molecular weight excluding hydrogens is 394 g/mol. The summed E-state index contributed by atoms with van der Waals surface area (Å²) in [6, 6.07) is 13.1. The average Bonchev–Trinajstić information content (AvgIpc) is 2.71. The van der Waals surface area contributed by atoms with Crippen LogP contribution in [0.2, 0.25) is 0 Å². The van der Waals surface area contributed by atoms with Gasteiger partial charge >= 0.3 is 0 Å². The number of carbonyl (C=O) groups excluding carboxylic acids is 3. The van der Waals surface area contributed by atoms with E-state index in [1.165, 1.54) is 0 Å². The molecule has 0 fully saturated rings. The van der Waals surface area contributed by atoms with Crippen LogP contribution in [0.25, 0.3) is 0 Å². The fraction of sp³-hybridized carbons (Fsp3) is 0.375. The van der Waals surface area contributed by atoms with Crippen LogP contribution >= 0.6 is 0 Å². The van der Waals surface area contributed by atoms with Gasteiger partial charge in [-0.3, -0.25) is 25.2 Å². The minimum Gasteiger partial charge on any atom is -0.484 e. The van der Waals surface area contributed by atoms with Crippen LogP contribution in [0, 0.1) is 13.8 Å². The number of amides is 3. The number of hydrogen-bond donors (Lipinski definition) is 3. The summed E-state index contributed by atoms with van der Waals surface area (Å²) in [6.45, 7) is 10.1. The molecule has 0 radical (unpaired) electrons. The minimum absolute atomic E-state index is 0.00521. The van der Waals surface area contributed by atoms with Gasteiger partial charge in [-0.15, -0.1) is 0 Å². The number of hydrazine groups is 1. The lowest BCUT2D eigenvalue weighted by Crippen LogP contribution is -2.44. The highest BCUT2D eigenvalue weighted by atomic mass is 16.5. The zero-order valence-electron chi connectivity index (χ0n) is 18.8. The average molecular weight is 426 g/mol. The van der Waals surface area contributed by atoms with E-state index >= 15 is 0 Å². The second-order valence-corrected chi connectivity index (χ2v) is 8.51. The van der Waals surface area contributed by atoms with Gasteiger partial charge < -0.3 is 10.1 Å². The molecule has 3 N–H and O–H groups in total. The summed E-state index contributed by atoms with van der Waals surface area (Å²) >= 11 is 0. The molecule has 0 unspecified atom stereocenters. The summed E-state index contributed by atoms with van der Waals surface area (Å²) in [6.07, 6.45) is -0.0443. The number of anilines is 1. The third-order valence-electron chi connectivity index (χ3n) is 4.80. The van der Waals surface area contributed by atoms with E-state index in [1.807, 2.05) is 44.2 Å². The van der Waals surface area contributed by atoms with Crippen molar-refractivity contribution < 1.29 is 19.1 Å². The number of nitrogens with one attached hydrogen (secondary N) is 3. The van der Waals surface area contributed by atoms with E-state index in [0.29, 0.717) is 11.4 Å². The molecule has 0 aliphatic heterocycles. The number of ether oxygens (including phenoxy) is 1. The molecule has 7 heteroatoms. The topological polar surface area (TPSA) is 96.5 Å². The highest BCUT2D eigenvalue weighted by molar-refractivity contribution is 5.93. The molecule has 0 saturated heterocycles. The minimum atomic E-state index is -0.493. The van der Waals surface area contributed by atoms with Crippen molar-refractivity contribution in [2.45, 2.75) is 52.9 Å². The van der Waals surface area contributed by atoms with Gasteiger partial charge in [0.2, 0.25) is 11.8 Å². The Kier molecular flexibility index (Phi) is 8.19. The maximum Gasteiger partial charge on any atom is 0.276 e. The van der Waals surface area contributed by atoms with Crippen LogP contribution in [-0.2, 0) is 19.8 Å². The number of benzene rings is 2. The van der Waals surface area contributed by atoms with Crippen LogP contribution in [0.4, 0.5) is 5.69 Å². The summed E-state index contributed by atoms with van der Waals surface area (Å²) in [4.78, 5) is 35.7. The van der Waals surface area contributed by atoms with Crippen molar-refractivity contribution in [3.8, 4) is 5.75 Å². The first-order valence-electron chi connectivity index (χ1n) is 10.2. The van der Waals surface area contributed by atoms with Gasteiger partial charge in [0.25, 0.3) is 5.91 Å². The molecule has 31 heavy (non-hydrogen) atoms. The number of rotatable bonds is 7. The third-order valence-corrected chi connectivity index (χ3v) is 4.80. The summed E-state index contributed by atoms with van der Waals surface area (Å²) in [7, 11) is 0. The summed E-state index contributed by atoms with van der Waals surface area (Å²) in [5.74, 6) is -0.657. The number of hydrogen-bond acceptors (Lipinski definition) is 4. The van der Waals surface area contributed by atoms with Crippen LogP contribution in [0.15, 0.2) is 42.5 Å². The fourth-order valence-corrected chi connectivity index (χ4v) is 2.71. The molecule has 0 aliphatic carbocycles. The molecule has 166 valence electrons. The Hall–Kier alpha value is -3.35. The molecule has 0 spiro atoms. The first-order chi connectivity index (χ1) is 14.5. The van der Waals surface area contributed by atoms with Gasteiger partial charge in [0.1, 0.15) is 5.75 Å². The number of aryl methyl sites for hydroxylation is 2. The SMILES string of the molecule is Cc1ccc(NC(=O)CCC(=O)NNC(=O)COc2ccc(C(C)(C)C)cc2)cc1C. The molecular formula is C24H31N3O4. The van der Waals surface area contributed by atoms with Crippen molar-refractivity contribution in [1.82, 2.24) is 10.9 Å². The molecule has 0 atom stereocenters. The monoisotopic (exact) mass is 425 g/mol. The van der Waals surface area contributed by atoms with Crippen molar-refractivity contribution >= 4 is 23.4 Å². The van der Waals surface area contributed by atoms with Crippen LogP contribution in [0.5, 0.6) is 5.75 Å². The highest BCUT2D eigenvalue weighted by Gasteiger charge is 2.13. The molecule has 3 amide bonds. The lowest BCUT2D eigenvalue weighted by molar-refractivity contribution is -0.130. The van der Waals surface area contributed by atoms with Gasteiger partial charge in [-0.2, -0.15) is 0 Å². The Morgan fingerprint density at radius 2 is 1.42 bits per heavy atom. The van der Waals surface area contributed by atoms with E-state index in [0.717, 1.165) is 16.7 Å². The summed E-state index contributed by atoms with van der Waals surface area (Å²) in [5, 5.41) is 2.76. The standard InChI is InChI=1S/C24H31N3O4/c1-16-6-9-19(14-17(16)2)25-21(28)12-13-22(29)26-27-23(30)15-31-20-10-7-18(8-11-20)24(3,4)5/h6-11,14H,12-13,15H2,1-5H3,(H,25,28)(H,26,29)(H,27,30). The van der Waals surface area contributed by atoms with Crippen molar-refractivity contribution in [3.05, 3.63) is 59.2 Å². The molecule has 0 heterocycles. The van der Waals surface area contributed by atoms with E-state index < -0.39 is 11.8 Å². The molecule has 0 bridgehead atoms. The van der Waals surface area contributed by atoms with E-state index in [9.17, 15) is 14.4 Å². The van der Waals surface area contributed by atoms with E-state index in [1.54, 1.807) is 12.1 Å². The Balaban J connectivity index is 1.66. The molecule has 7 nitrogen and oxygen atoms in total. The van der Waals surface area contributed by atoms with Gasteiger partial charge in [-0.1, -0.05) is 39.0 Å². The fourth-order valence-electron chi connectivity index (χ4n) is 2.71. The highest BCUT2D eigenvalue weighted by Crippen LogP contribution is 2.24. The van der Waals surface area contributed by atoms with Gasteiger partial charge in [0.15, 0.2) is 6.61 Å². The van der Waals surface area contributed by atoms with E-state index in [4.69, 9.17) is 4.74 Å². The van der Waals surface area contributed by atoms with Crippen LogP contribution < -0.4 is 20.9 Å². The molecule has 0 aliphatic rings. The lowest BCUT2D eigenvalue weighted by atomic mass is 9.87. The van der Waals surface area contributed by atoms with E-state index in [2.05, 4.69) is 36.9 Å². The zero-order chi connectivity index (χ0) is 23.0. The maximum absolute atomic E-state index is 12.0. The lowest BCUT2D eigenvalue weighted by Gasteiger charge is -2.19. The van der Waals surface area contributed by atoms with Crippen molar-refractivity contribution in [1.29, 1.82) is 0 Å². The zero-order valence-corrected chi connectivity index (χ0v) is 18.8.